The summed E-state index contributed by atoms with van der Waals surface area (Å²) in [4.78, 5) is 0. The highest BCUT2D eigenvalue weighted by Crippen LogP contribution is 2.66. The van der Waals surface area contributed by atoms with Crippen LogP contribution in [0.15, 0.2) is 118 Å². The van der Waals surface area contributed by atoms with Crippen LogP contribution in [0.4, 0.5) is 0 Å². The van der Waals surface area contributed by atoms with E-state index in [1.54, 1.807) is 0 Å². The van der Waals surface area contributed by atoms with Crippen molar-refractivity contribution in [2.24, 2.45) is 0 Å². The van der Waals surface area contributed by atoms with E-state index in [2.05, 4.69) is 141 Å². The third-order valence-corrected chi connectivity index (χ3v) is 9.72. The largest absolute Gasteiger partial charge is 0.0726 e. The first-order valence-electron chi connectivity index (χ1n) is 12.6. The highest BCUT2D eigenvalue weighted by Gasteiger charge is 2.52. The molecule has 0 aliphatic heterocycles. The molecule has 0 radical (unpaired) electrons. The lowest BCUT2D eigenvalue weighted by Crippen LogP contribution is -2.26. The molecule has 0 saturated carbocycles. The molecule has 0 N–H and O–H groups in total. The first-order chi connectivity index (χ1) is 18.2. The summed E-state index contributed by atoms with van der Waals surface area (Å²) in [7, 11) is 0. The number of benzene rings is 6. The first kappa shape index (κ1) is 20.6. The lowest BCUT2D eigenvalue weighted by molar-refractivity contribution is 0.793. The van der Waals surface area contributed by atoms with Gasteiger partial charge in [-0.15, -0.1) is 0 Å². The van der Waals surface area contributed by atoms with Crippen LogP contribution in [-0.2, 0) is 5.41 Å². The van der Waals surface area contributed by atoms with E-state index in [-0.39, 0.29) is 5.41 Å². The molecule has 37 heavy (non-hydrogen) atoms. The molecular weight excluding hydrogens is 580 g/mol. The van der Waals surface area contributed by atoms with Gasteiger partial charge < -0.3 is 0 Å². The number of fused-ring (bicyclic) bond motifs is 14. The maximum absolute atomic E-state index is 3.82. The zero-order chi connectivity index (χ0) is 24.5. The molecule has 0 heterocycles. The van der Waals surface area contributed by atoms with Crippen molar-refractivity contribution in [1.29, 1.82) is 0 Å². The van der Waals surface area contributed by atoms with Crippen LogP contribution in [-0.4, -0.2) is 0 Å². The summed E-state index contributed by atoms with van der Waals surface area (Å²) < 4.78 is 2.22. The van der Waals surface area contributed by atoms with Gasteiger partial charge in [0.25, 0.3) is 0 Å². The topological polar surface area (TPSA) is 0 Å². The van der Waals surface area contributed by atoms with Crippen molar-refractivity contribution >= 4 is 42.6 Å². The van der Waals surface area contributed by atoms with Crippen LogP contribution in [0.1, 0.15) is 22.3 Å². The van der Waals surface area contributed by atoms with Crippen LogP contribution in [0.3, 0.4) is 0 Å². The molecule has 0 fully saturated rings. The van der Waals surface area contributed by atoms with Crippen LogP contribution >= 0.6 is 31.9 Å². The minimum absolute atomic E-state index is 0.373. The molecule has 0 bridgehead atoms. The highest BCUT2D eigenvalue weighted by molar-refractivity contribution is 9.10. The fourth-order valence-corrected chi connectivity index (χ4v) is 8.20. The van der Waals surface area contributed by atoms with Crippen molar-refractivity contribution < 1.29 is 0 Å². The van der Waals surface area contributed by atoms with Gasteiger partial charge in [-0.1, -0.05) is 111 Å². The molecule has 0 saturated heterocycles. The maximum atomic E-state index is 3.82. The Hall–Kier alpha value is -3.46. The number of hydrogen-bond donors (Lipinski definition) is 0. The first-order valence-corrected chi connectivity index (χ1v) is 14.2. The van der Waals surface area contributed by atoms with Gasteiger partial charge >= 0.3 is 0 Å². The van der Waals surface area contributed by atoms with E-state index in [4.69, 9.17) is 0 Å². The molecule has 3 aliphatic carbocycles. The van der Waals surface area contributed by atoms with Gasteiger partial charge in [0.1, 0.15) is 0 Å². The second-order valence-corrected chi connectivity index (χ2v) is 12.1. The molecule has 2 heteroatoms. The predicted octanol–water partition coefficient (Wildman–Crippen LogP) is 10.4. The lowest BCUT2D eigenvalue weighted by atomic mass is 9.70. The molecule has 0 atom stereocenters. The fraction of sp³-hybridized carbons (Fsp3) is 0.0286. The molecule has 6 aromatic carbocycles. The molecule has 0 aromatic heterocycles. The smallest absolute Gasteiger partial charge is 0.0619 e. The monoisotopic (exact) mass is 596 g/mol. The van der Waals surface area contributed by atoms with E-state index in [9.17, 15) is 0 Å². The average molecular weight is 598 g/mol. The van der Waals surface area contributed by atoms with Crippen molar-refractivity contribution in [3.8, 4) is 44.5 Å². The predicted molar refractivity (Wildman–Crippen MR) is 160 cm³/mol. The Bertz CT molecular complexity index is 1960. The summed E-state index contributed by atoms with van der Waals surface area (Å²) >= 11 is 7.65. The van der Waals surface area contributed by atoms with Crippen molar-refractivity contribution in [2.45, 2.75) is 5.41 Å². The summed E-state index contributed by atoms with van der Waals surface area (Å²) in [5.41, 5.74) is 15.8. The van der Waals surface area contributed by atoms with Gasteiger partial charge in [0.05, 0.1) is 5.41 Å². The summed E-state index contributed by atoms with van der Waals surface area (Å²) in [6.45, 7) is 0. The van der Waals surface area contributed by atoms with E-state index >= 15 is 0 Å². The minimum atomic E-state index is -0.373. The van der Waals surface area contributed by atoms with Gasteiger partial charge in [-0.25, -0.2) is 0 Å². The Morgan fingerprint density at radius 1 is 0.405 bits per heavy atom. The fourth-order valence-electron chi connectivity index (χ4n) is 7.48. The number of halogens is 2. The van der Waals surface area contributed by atoms with Crippen LogP contribution in [0.2, 0.25) is 0 Å². The minimum Gasteiger partial charge on any atom is -0.0619 e. The van der Waals surface area contributed by atoms with Gasteiger partial charge in [0, 0.05) is 8.95 Å². The SMILES string of the molecule is Brc1ccc2c(c1)C1(c3cc(Br)ccc3-2)c2ccccc2-c2c1cc1c3c(cccc23)-c2ccccc2-1. The molecule has 0 unspecified atom stereocenters. The maximum Gasteiger partial charge on any atom is 0.0726 e. The van der Waals surface area contributed by atoms with Crippen LogP contribution in [0.5, 0.6) is 0 Å². The van der Waals surface area contributed by atoms with E-state index in [0.717, 1.165) is 8.95 Å². The Labute approximate surface area is 231 Å². The van der Waals surface area contributed by atoms with Crippen molar-refractivity contribution in [1.82, 2.24) is 0 Å². The quantitative estimate of drug-likeness (QED) is 0.163. The van der Waals surface area contributed by atoms with Crippen LogP contribution in [0.25, 0.3) is 55.3 Å². The third-order valence-electron chi connectivity index (χ3n) is 8.73. The molecular formula is C35H18Br2. The number of rotatable bonds is 0. The Kier molecular flexibility index (Phi) is 3.83. The standard InChI is InChI=1S/C35H18Br2/c36-19-12-14-23-24-15-13-20(37)17-31(24)35(30(23)16-19)29-11-4-3-8-26(29)34-27-10-5-9-25-21-6-1-2-7-22(21)28(33(25)27)18-32(34)35/h1-18H. The molecule has 3 aliphatic rings. The summed E-state index contributed by atoms with van der Waals surface area (Å²) in [5.74, 6) is 0. The van der Waals surface area contributed by atoms with Gasteiger partial charge in [-0.05, 0) is 108 Å². The van der Waals surface area contributed by atoms with E-state index in [0.29, 0.717) is 0 Å². The van der Waals surface area contributed by atoms with Gasteiger partial charge in [0.15, 0.2) is 0 Å². The lowest BCUT2D eigenvalue weighted by Gasteiger charge is -2.31. The number of hydrogen-bond acceptors (Lipinski definition) is 0. The van der Waals surface area contributed by atoms with Crippen molar-refractivity contribution in [2.75, 3.05) is 0 Å². The highest BCUT2D eigenvalue weighted by atomic mass is 79.9. The second kappa shape index (κ2) is 6.89. The summed E-state index contributed by atoms with van der Waals surface area (Å²) in [6.07, 6.45) is 0. The molecule has 1 spiro atoms. The van der Waals surface area contributed by atoms with Crippen molar-refractivity contribution in [3.63, 3.8) is 0 Å². The van der Waals surface area contributed by atoms with Crippen LogP contribution in [0, 0.1) is 0 Å². The third kappa shape index (κ3) is 2.31. The molecule has 6 aromatic rings. The summed E-state index contributed by atoms with van der Waals surface area (Å²) in [5, 5.41) is 2.74. The van der Waals surface area contributed by atoms with Gasteiger partial charge in [-0.3, -0.25) is 0 Å². The van der Waals surface area contributed by atoms with Crippen molar-refractivity contribution in [3.05, 3.63) is 140 Å². The van der Waals surface area contributed by atoms with E-state index in [1.807, 2.05) is 0 Å². The Morgan fingerprint density at radius 3 is 1.70 bits per heavy atom. The van der Waals surface area contributed by atoms with Gasteiger partial charge in [-0.2, -0.15) is 0 Å². The van der Waals surface area contributed by atoms with E-state index < -0.39 is 0 Å². The van der Waals surface area contributed by atoms with Crippen LogP contribution < -0.4 is 0 Å². The molecule has 0 amide bonds. The van der Waals surface area contributed by atoms with Gasteiger partial charge in [0.2, 0.25) is 0 Å². The normalized spacial score (nSPS) is 14.4. The van der Waals surface area contributed by atoms with E-state index in [1.165, 1.54) is 77.5 Å². The zero-order valence-electron chi connectivity index (χ0n) is 19.6. The average Bonchev–Trinajstić information content (AvgIpc) is 3.51. The summed E-state index contributed by atoms with van der Waals surface area (Å²) in [6, 6.07) is 41.0. The second-order valence-electron chi connectivity index (χ2n) is 10.3. The Morgan fingerprint density at radius 2 is 1.00 bits per heavy atom. The molecule has 172 valence electrons. The Balaban J connectivity index is 1.55. The molecule has 0 nitrogen and oxygen atoms in total. The molecule has 9 rings (SSSR count). The zero-order valence-corrected chi connectivity index (χ0v) is 22.8.